The molecule has 1 unspecified atom stereocenters. The Balaban J connectivity index is 1.91. The van der Waals surface area contributed by atoms with Crippen molar-refractivity contribution in [2.75, 3.05) is 5.32 Å². The van der Waals surface area contributed by atoms with Crippen LogP contribution in [-0.2, 0) is 11.3 Å². The number of nitro benzene ring substituents is 1. The summed E-state index contributed by atoms with van der Waals surface area (Å²) in [6.45, 7) is 3.55. The number of aryl methyl sites for hydroxylation is 2. The van der Waals surface area contributed by atoms with Gasteiger partial charge in [0.25, 0.3) is 0 Å². The summed E-state index contributed by atoms with van der Waals surface area (Å²) in [5, 5.41) is 23.4. The summed E-state index contributed by atoms with van der Waals surface area (Å²) >= 11 is 0. The van der Waals surface area contributed by atoms with Crippen LogP contribution in [0, 0.1) is 17.0 Å². The maximum absolute atomic E-state index is 11.8. The van der Waals surface area contributed by atoms with Crippen molar-refractivity contribution in [1.82, 2.24) is 9.55 Å². The van der Waals surface area contributed by atoms with Crippen LogP contribution in [0.1, 0.15) is 36.2 Å². The summed E-state index contributed by atoms with van der Waals surface area (Å²) in [6, 6.07) is 8.55. The molecule has 0 bridgehead atoms. The van der Waals surface area contributed by atoms with E-state index in [4.69, 9.17) is 9.84 Å². The number of para-hydroxylation sites is 1. The van der Waals surface area contributed by atoms with Crippen molar-refractivity contribution in [3.05, 3.63) is 57.4 Å². The Kier molecular flexibility index (Phi) is 4.61. The van der Waals surface area contributed by atoms with Gasteiger partial charge in [0, 0.05) is 24.9 Å². The van der Waals surface area contributed by atoms with Crippen LogP contribution in [0.3, 0.4) is 0 Å². The Morgan fingerprint density at radius 2 is 2.10 bits per heavy atom. The molecule has 10 nitrogen and oxygen atoms in total. The first-order chi connectivity index (χ1) is 14.3. The van der Waals surface area contributed by atoms with E-state index in [1.807, 2.05) is 4.57 Å². The maximum Gasteiger partial charge on any atom is 0.511 e. The van der Waals surface area contributed by atoms with Gasteiger partial charge in [-0.3, -0.25) is 14.9 Å². The third-order valence-electron chi connectivity index (χ3n) is 5.17. The van der Waals surface area contributed by atoms with Gasteiger partial charge < -0.3 is 19.7 Å². The van der Waals surface area contributed by atoms with E-state index in [0.29, 0.717) is 35.4 Å². The Bertz CT molecular complexity index is 1220. The van der Waals surface area contributed by atoms with Crippen molar-refractivity contribution in [3.8, 4) is 5.75 Å². The highest BCUT2D eigenvalue weighted by Gasteiger charge is 2.34. The fourth-order valence-electron chi connectivity index (χ4n) is 4.04. The molecule has 1 aliphatic rings. The number of hydrogen-bond donors (Lipinski definition) is 2. The molecule has 0 radical (unpaired) electrons. The standard InChI is InChI=1S/C20H18N4O6/c1-10-9-14-17(18(24(28)29)16(10)21-11(2)25)22-19-13(7-8-23(14)19)12-5-3-4-6-15(12)30-20(26)27/h3-6,9,13H,7-8H2,1-2H3,(H,21,25)(H,26,27). The molecule has 0 saturated carbocycles. The number of amides is 1. The van der Waals surface area contributed by atoms with Gasteiger partial charge in [-0.1, -0.05) is 18.2 Å². The number of nitrogens with one attached hydrogen (secondary N) is 1. The zero-order valence-corrected chi connectivity index (χ0v) is 16.2. The fraction of sp³-hybridized carbons (Fsp3) is 0.250. The molecule has 0 saturated heterocycles. The van der Waals surface area contributed by atoms with Crippen LogP contribution < -0.4 is 10.1 Å². The summed E-state index contributed by atoms with van der Waals surface area (Å²) in [5.74, 6) is 0.107. The zero-order chi connectivity index (χ0) is 21.6. The number of carbonyl (C=O) groups is 2. The molecule has 30 heavy (non-hydrogen) atoms. The molecule has 2 N–H and O–H groups in total. The molecule has 1 aromatic heterocycles. The van der Waals surface area contributed by atoms with E-state index in [2.05, 4.69) is 10.3 Å². The van der Waals surface area contributed by atoms with Gasteiger partial charge in [-0.05, 0) is 31.0 Å². The molecule has 154 valence electrons. The average molecular weight is 410 g/mol. The van der Waals surface area contributed by atoms with Crippen molar-refractivity contribution < 1.29 is 24.4 Å². The third kappa shape index (κ3) is 3.11. The highest BCUT2D eigenvalue weighted by molar-refractivity contribution is 6.00. The van der Waals surface area contributed by atoms with Crippen LogP contribution in [0.4, 0.5) is 16.2 Å². The second kappa shape index (κ2) is 7.14. The number of nitrogens with zero attached hydrogens (tertiary/aromatic N) is 3. The van der Waals surface area contributed by atoms with Crippen molar-refractivity contribution >= 4 is 34.5 Å². The van der Waals surface area contributed by atoms with E-state index in [-0.39, 0.29) is 28.6 Å². The Labute approximate surface area is 170 Å². The molecular weight excluding hydrogens is 392 g/mol. The summed E-state index contributed by atoms with van der Waals surface area (Å²) in [7, 11) is 0. The monoisotopic (exact) mass is 410 g/mol. The van der Waals surface area contributed by atoms with E-state index in [1.54, 1.807) is 37.3 Å². The van der Waals surface area contributed by atoms with Crippen LogP contribution in [-0.4, -0.2) is 31.6 Å². The number of benzene rings is 2. The molecule has 0 spiro atoms. The number of hydrogen-bond acceptors (Lipinski definition) is 6. The molecule has 2 heterocycles. The van der Waals surface area contributed by atoms with E-state index >= 15 is 0 Å². The lowest BCUT2D eigenvalue weighted by Crippen LogP contribution is -2.10. The van der Waals surface area contributed by atoms with Crippen LogP contribution in [0.15, 0.2) is 30.3 Å². The highest BCUT2D eigenvalue weighted by Crippen LogP contribution is 2.44. The predicted octanol–water partition coefficient (Wildman–Crippen LogP) is 3.80. The van der Waals surface area contributed by atoms with Crippen LogP contribution in [0.25, 0.3) is 11.0 Å². The first kappa shape index (κ1) is 19.4. The zero-order valence-electron chi connectivity index (χ0n) is 16.2. The number of carbonyl (C=O) groups excluding carboxylic acids is 1. The van der Waals surface area contributed by atoms with Gasteiger partial charge in [0.05, 0.1) is 10.4 Å². The number of nitro groups is 1. The molecule has 4 rings (SSSR count). The van der Waals surface area contributed by atoms with Gasteiger partial charge in [-0.15, -0.1) is 0 Å². The first-order valence-corrected chi connectivity index (χ1v) is 9.23. The normalized spacial score (nSPS) is 15.1. The van der Waals surface area contributed by atoms with E-state index in [0.717, 1.165) is 0 Å². The lowest BCUT2D eigenvalue weighted by atomic mass is 9.96. The number of imidazole rings is 1. The van der Waals surface area contributed by atoms with Gasteiger partial charge in [-0.25, -0.2) is 9.78 Å². The van der Waals surface area contributed by atoms with Gasteiger partial charge in [0.15, 0.2) is 5.52 Å². The molecule has 1 atom stereocenters. The van der Waals surface area contributed by atoms with Crippen molar-refractivity contribution in [3.63, 3.8) is 0 Å². The van der Waals surface area contributed by atoms with E-state index in [9.17, 15) is 19.7 Å². The largest absolute Gasteiger partial charge is 0.511 e. The maximum atomic E-state index is 11.8. The van der Waals surface area contributed by atoms with Crippen LogP contribution >= 0.6 is 0 Å². The number of fused-ring (bicyclic) bond motifs is 3. The first-order valence-electron chi connectivity index (χ1n) is 9.23. The molecule has 1 amide bonds. The SMILES string of the molecule is CC(=O)Nc1c(C)cc2c(nc3n2CCC3c2ccccc2OC(=O)O)c1[N+](=O)[O-]. The highest BCUT2D eigenvalue weighted by atomic mass is 16.7. The second-order valence-electron chi connectivity index (χ2n) is 7.09. The third-order valence-corrected chi connectivity index (χ3v) is 5.17. The average Bonchev–Trinajstić information content (AvgIpc) is 3.21. The molecule has 10 heteroatoms. The summed E-state index contributed by atoms with van der Waals surface area (Å²) in [4.78, 5) is 38.5. The Morgan fingerprint density at radius 1 is 1.37 bits per heavy atom. The minimum atomic E-state index is -1.42. The number of carboxylic acid groups (broad SMARTS) is 1. The van der Waals surface area contributed by atoms with Crippen LogP contribution in [0.2, 0.25) is 0 Å². The molecule has 0 aliphatic carbocycles. The minimum absolute atomic E-state index is 0.128. The van der Waals surface area contributed by atoms with Crippen molar-refractivity contribution in [2.24, 2.45) is 0 Å². The van der Waals surface area contributed by atoms with Gasteiger partial charge in [0.2, 0.25) is 5.91 Å². The summed E-state index contributed by atoms with van der Waals surface area (Å²) in [5.41, 5.74) is 1.87. The van der Waals surface area contributed by atoms with Gasteiger partial charge in [0.1, 0.15) is 17.3 Å². The van der Waals surface area contributed by atoms with Crippen molar-refractivity contribution in [1.29, 1.82) is 0 Å². The van der Waals surface area contributed by atoms with Gasteiger partial charge in [-0.2, -0.15) is 0 Å². The summed E-state index contributed by atoms with van der Waals surface area (Å²) in [6.07, 6.45) is -0.765. The molecule has 3 aromatic rings. The lowest BCUT2D eigenvalue weighted by molar-refractivity contribution is -0.382. The molecule has 2 aromatic carbocycles. The second-order valence-corrected chi connectivity index (χ2v) is 7.09. The van der Waals surface area contributed by atoms with E-state index in [1.165, 1.54) is 6.92 Å². The Morgan fingerprint density at radius 3 is 2.77 bits per heavy atom. The van der Waals surface area contributed by atoms with E-state index < -0.39 is 17.0 Å². The minimum Gasteiger partial charge on any atom is -0.449 e. The number of ether oxygens (including phenoxy) is 1. The number of aromatic nitrogens is 2. The number of rotatable bonds is 4. The molecule has 1 aliphatic heterocycles. The number of anilines is 1. The lowest BCUT2D eigenvalue weighted by Gasteiger charge is -2.13. The smallest absolute Gasteiger partial charge is 0.449 e. The fourth-order valence-corrected chi connectivity index (χ4v) is 4.04. The molecule has 0 fully saturated rings. The quantitative estimate of drug-likeness (QED) is 0.289. The summed E-state index contributed by atoms with van der Waals surface area (Å²) < 4.78 is 6.81. The molecular formula is C20H18N4O6. The van der Waals surface area contributed by atoms with Gasteiger partial charge >= 0.3 is 11.8 Å². The van der Waals surface area contributed by atoms with Crippen molar-refractivity contribution in [2.45, 2.75) is 32.7 Å². The predicted molar refractivity (Wildman–Crippen MR) is 107 cm³/mol. The topological polar surface area (TPSA) is 137 Å². The Hall–Kier alpha value is -3.95. The van der Waals surface area contributed by atoms with Crippen LogP contribution in [0.5, 0.6) is 5.75 Å².